The second kappa shape index (κ2) is 5.46. The van der Waals surface area contributed by atoms with E-state index in [9.17, 15) is 0 Å². The standard InChI is InChI=1S/C13H12N4S2/c18-13-16-15-12(11-3-1-2-6-14-11)17(13)7-4-10-5-8-19-9-10/h1-3,5-6,8-9H,4,7H2,(H,16,18). The van der Waals surface area contributed by atoms with Crippen LogP contribution < -0.4 is 0 Å². The van der Waals surface area contributed by atoms with E-state index in [4.69, 9.17) is 12.2 Å². The monoisotopic (exact) mass is 288 g/mol. The first-order chi connectivity index (χ1) is 9.34. The number of nitrogens with one attached hydrogen (secondary N) is 1. The summed E-state index contributed by atoms with van der Waals surface area (Å²) in [4.78, 5) is 4.32. The van der Waals surface area contributed by atoms with Crippen molar-refractivity contribution >= 4 is 23.6 Å². The lowest BCUT2D eigenvalue weighted by molar-refractivity contribution is 0.691. The van der Waals surface area contributed by atoms with Gasteiger partial charge in [-0.2, -0.15) is 16.4 Å². The zero-order valence-corrected chi connectivity index (χ0v) is 11.7. The van der Waals surface area contributed by atoms with Gasteiger partial charge in [-0.05, 0) is 53.2 Å². The van der Waals surface area contributed by atoms with Gasteiger partial charge >= 0.3 is 0 Å². The molecule has 6 heteroatoms. The maximum atomic E-state index is 5.29. The Morgan fingerprint density at radius 1 is 1.32 bits per heavy atom. The molecule has 1 N–H and O–H groups in total. The molecule has 3 rings (SSSR count). The first kappa shape index (κ1) is 12.3. The van der Waals surface area contributed by atoms with Gasteiger partial charge in [0.05, 0.1) is 0 Å². The topological polar surface area (TPSA) is 46.5 Å². The molecular formula is C13H12N4S2. The van der Waals surface area contributed by atoms with Crippen LogP contribution in [-0.4, -0.2) is 19.7 Å². The molecule has 96 valence electrons. The van der Waals surface area contributed by atoms with Crippen molar-refractivity contribution in [3.8, 4) is 11.5 Å². The van der Waals surface area contributed by atoms with Crippen LogP contribution in [0.15, 0.2) is 41.2 Å². The highest BCUT2D eigenvalue weighted by Gasteiger charge is 2.09. The van der Waals surface area contributed by atoms with Crippen LogP contribution in [0, 0.1) is 4.77 Å². The summed E-state index contributed by atoms with van der Waals surface area (Å²) in [6.45, 7) is 0.804. The molecule has 0 amide bonds. The molecule has 3 heterocycles. The fourth-order valence-electron chi connectivity index (χ4n) is 1.89. The lowest BCUT2D eigenvalue weighted by Gasteiger charge is -2.05. The maximum Gasteiger partial charge on any atom is 0.195 e. The summed E-state index contributed by atoms with van der Waals surface area (Å²) >= 11 is 7.00. The summed E-state index contributed by atoms with van der Waals surface area (Å²) in [6, 6.07) is 7.91. The van der Waals surface area contributed by atoms with Crippen molar-refractivity contribution in [3.63, 3.8) is 0 Å². The number of thiophene rings is 1. The van der Waals surface area contributed by atoms with Gasteiger partial charge in [-0.15, -0.1) is 0 Å². The molecule has 0 atom stereocenters. The van der Waals surface area contributed by atoms with E-state index in [1.54, 1.807) is 17.5 Å². The van der Waals surface area contributed by atoms with Crippen LogP contribution in [0.5, 0.6) is 0 Å². The van der Waals surface area contributed by atoms with E-state index in [1.807, 2.05) is 22.8 Å². The molecule has 0 bridgehead atoms. The zero-order valence-electron chi connectivity index (χ0n) is 10.1. The lowest BCUT2D eigenvalue weighted by atomic mass is 10.2. The molecule has 0 aliphatic carbocycles. The van der Waals surface area contributed by atoms with E-state index in [0.29, 0.717) is 4.77 Å². The predicted octanol–water partition coefficient (Wildman–Crippen LogP) is 3.31. The van der Waals surface area contributed by atoms with Crippen LogP contribution in [0.2, 0.25) is 0 Å². The molecule has 19 heavy (non-hydrogen) atoms. The van der Waals surface area contributed by atoms with E-state index in [1.165, 1.54) is 5.56 Å². The summed E-state index contributed by atoms with van der Waals surface area (Å²) < 4.78 is 2.63. The van der Waals surface area contributed by atoms with E-state index in [2.05, 4.69) is 32.0 Å². The van der Waals surface area contributed by atoms with E-state index >= 15 is 0 Å². The largest absolute Gasteiger partial charge is 0.299 e. The molecule has 0 aliphatic heterocycles. The first-order valence-electron chi connectivity index (χ1n) is 5.92. The molecule has 0 unspecified atom stereocenters. The third-order valence-corrected chi connectivity index (χ3v) is 3.90. The molecule has 3 aromatic heterocycles. The average molecular weight is 288 g/mol. The molecule has 4 nitrogen and oxygen atoms in total. The molecule has 0 aliphatic rings. The number of aryl methyl sites for hydroxylation is 1. The quantitative estimate of drug-likeness (QED) is 0.749. The number of rotatable bonds is 4. The molecule has 3 aromatic rings. The Kier molecular flexibility index (Phi) is 3.52. The molecule has 0 saturated heterocycles. The van der Waals surface area contributed by atoms with Crippen molar-refractivity contribution in [3.05, 3.63) is 51.6 Å². The Balaban J connectivity index is 1.89. The van der Waals surface area contributed by atoms with E-state index in [0.717, 1.165) is 24.5 Å². The number of hydrogen-bond donors (Lipinski definition) is 1. The van der Waals surface area contributed by atoms with Crippen molar-refractivity contribution in [1.29, 1.82) is 0 Å². The van der Waals surface area contributed by atoms with Crippen molar-refractivity contribution in [1.82, 2.24) is 19.7 Å². The second-order valence-corrected chi connectivity index (χ2v) is 5.27. The molecular weight excluding hydrogens is 276 g/mol. The van der Waals surface area contributed by atoms with Crippen molar-refractivity contribution < 1.29 is 0 Å². The number of aromatic amines is 1. The van der Waals surface area contributed by atoms with Gasteiger partial charge in [-0.25, -0.2) is 0 Å². The van der Waals surface area contributed by atoms with Crippen molar-refractivity contribution in [2.75, 3.05) is 0 Å². The molecule has 0 aromatic carbocycles. The van der Waals surface area contributed by atoms with Gasteiger partial charge in [0.2, 0.25) is 0 Å². The van der Waals surface area contributed by atoms with E-state index in [-0.39, 0.29) is 0 Å². The third-order valence-electron chi connectivity index (χ3n) is 2.86. The van der Waals surface area contributed by atoms with Crippen LogP contribution in [0.25, 0.3) is 11.5 Å². The van der Waals surface area contributed by atoms with Gasteiger partial charge in [0, 0.05) is 12.7 Å². The molecule has 0 saturated carbocycles. The Morgan fingerprint density at radius 3 is 3.00 bits per heavy atom. The smallest absolute Gasteiger partial charge is 0.195 e. The van der Waals surface area contributed by atoms with Crippen LogP contribution >= 0.6 is 23.6 Å². The van der Waals surface area contributed by atoms with Crippen LogP contribution in [0.1, 0.15) is 5.56 Å². The van der Waals surface area contributed by atoms with Crippen LogP contribution in [-0.2, 0) is 13.0 Å². The van der Waals surface area contributed by atoms with Gasteiger partial charge < -0.3 is 0 Å². The normalized spacial score (nSPS) is 10.7. The fraction of sp³-hybridized carbons (Fsp3) is 0.154. The van der Waals surface area contributed by atoms with Crippen LogP contribution in [0.3, 0.4) is 0 Å². The minimum atomic E-state index is 0.635. The lowest BCUT2D eigenvalue weighted by Crippen LogP contribution is -2.04. The Labute approximate surface area is 119 Å². The third kappa shape index (κ3) is 2.64. The highest BCUT2D eigenvalue weighted by molar-refractivity contribution is 7.71. The highest BCUT2D eigenvalue weighted by Crippen LogP contribution is 2.15. The van der Waals surface area contributed by atoms with Gasteiger partial charge in [0.25, 0.3) is 0 Å². The highest BCUT2D eigenvalue weighted by atomic mass is 32.1. The minimum absolute atomic E-state index is 0.635. The summed E-state index contributed by atoms with van der Waals surface area (Å²) in [5.41, 5.74) is 2.15. The maximum absolute atomic E-state index is 5.29. The Hall–Kier alpha value is -1.79. The summed E-state index contributed by atoms with van der Waals surface area (Å²) in [6.07, 6.45) is 2.70. The summed E-state index contributed by atoms with van der Waals surface area (Å²) in [5.74, 6) is 0.792. The first-order valence-corrected chi connectivity index (χ1v) is 7.27. The van der Waals surface area contributed by atoms with Gasteiger partial charge in [0.1, 0.15) is 5.69 Å². The second-order valence-electron chi connectivity index (χ2n) is 4.10. The molecule has 0 spiro atoms. The van der Waals surface area contributed by atoms with Crippen molar-refractivity contribution in [2.45, 2.75) is 13.0 Å². The minimum Gasteiger partial charge on any atom is -0.299 e. The predicted molar refractivity (Wildman–Crippen MR) is 78.7 cm³/mol. The molecule has 0 radical (unpaired) electrons. The van der Waals surface area contributed by atoms with Gasteiger partial charge in [-0.3, -0.25) is 14.6 Å². The summed E-state index contributed by atoms with van der Waals surface area (Å²) in [5, 5.41) is 11.4. The average Bonchev–Trinajstić information content (AvgIpc) is 3.07. The number of aromatic nitrogens is 4. The van der Waals surface area contributed by atoms with Crippen LogP contribution in [0.4, 0.5) is 0 Å². The SMILES string of the molecule is S=c1[nH]nc(-c2ccccn2)n1CCc1ccsc1. The van der Waals surface area contributed by atoms with Gasteiger partial charge in [0.15, 0.2) is 10.6 Å². The summed E-state index contributed by atoms with van der Waals surface area (Å²) in [7, 11) is 0. The van der Waals surface area contributed by atoms with E-state index < -0.39 is 0 Å². The number of pyridine rings is 1. The zero-order chi connectivity index (χ0) is 13.1. The number of H-pyrrole nitrogens is 1. The Morgan fingerprint density at radius 2 is 2.26 bits per heavy atom. The Bertz CT molecular complexity index is 698. The van der Waals surface area contributed by atoms with Crippen molar-refractivity contribution in [2.24, 2.45) is 0 Å². The van der Waals surface area contributed by atoms with Gasteiger partial charge in [-0.1, -0.05) is 6.07 Å². The number of hydrogen-bond acceptors (Lipinski definition) is 4. The molecule has 0 fully saturated rings. The fourth-order valence-corrected chi connectivity index (χ4v) is 2.82. The number of nitrogens with zero attached hydrogens (tertiary/aromatic N) is 3.